The molecule has 0 heterocycles. The summed E-state index contributed by atoms with van der Waals surface area (Å²) in [5, 5.41) is 0.583. The largest absolute Gasteiger partial charge is 0.457 e. The number of ether oxygens (including phenoxy) is 1. The predicted molar refractivity (Wildman–Crippen MR) is 87.6 cm³/mol. The summed E-state index contributed by atoms with van der Waals surface area (Å²) in [6.45, 7) is 2.04. The smallest absolute Gasteiger partial charge is 0.137 e. The Hall–Kier alpha value is -1.10. The van der Waals surface area contributed by atoms with Crippen molar-refractivity contribution in [2.24, 2.45) is 5.73 Å². The summed E-state index contributed by atoms with van der Waals surface area (Å²) in [6.07, 6.45) is 1.58. The first-order chi connectivity index (χ1) is 9.99. The summed E-state index contributed by atoms with van der Waals surface area (Å²) in [4.78, 5) is 0. The molecular formula is C16H16BrClFNO. The van der Waals surface area contributed by atoms with Gasteiger partial charge in [0, 0.05) is 11.1 Å². The molecule has 21 heavy (non-hydrogen) atoms. The Morgan fingerprint density at radius 3 is 2.71 bits per heavy atom. The average Bonchev–Trinajstić information content (AvgIpc) is 2.45. The lowest BCUT2D eigenvalue weighted by atomic mass is 10.0. The predicted octanol–water partition coefficient (Wildman–Crippen LogP) is 5.31. The highest BCUT2D eigenvalue weighted by Gasteiger charge is 2.11. The van der Waals surface area contributed by atoms with Crippen LogP contribution >= 0.6 is 27.5 Å². The van der Waals surface area contributed by atoms with Gasteiger partial charge in [-0.25, -0.2) is 4.39 Å². The zero-order valence-electron chi connectivity index (χ0n) is 11.6. The third-order valence-corrected chi connectivity index (χ3v) is 4.00. The molecule has 1 atom stereocenters. The lowest BCUT2D eigenvalue weighted by molar-refractivity contribution is 0.469. The summed E-state index contributed by atoms with van der Waals surface area (Å²) in [5.41, 5.74) is 6.98. The number of hydrogen-bond acceptors (Lipinski definition) is 2. The lowest BCUT2D eigenvalue weighted by Crippen LogP contribution is -2.21. The zero-order chi connectivity index (χ0) is 15.4. The van der Waals surface area contributed by atoms with E-state index in [0.29, 0.717) is 27.4 Å². The van der Waals surface area contributed by atoms with Crippen LogP contribution in [0.2, 0.25) is 5.02 Å². The van der Waals surface area contributed by atoms with Gasteiger partial charge in [0.1, 0.15) is 17.3 Å². The Labute approximate surface area is 137 Å². The second-order valence-electron chi connectivity index (χ2n) is 4.80. The van der Waals surface area contributed by atoms with Gasteiger partial charge >= 0.3 is 0 Å². The van der Waals surface area contributed by atoms with Crippen LogP contribution in [0.25, 0.3) is 0 Å². The van der Waals surface area contributed by atoms with Gasteiger partial charge in [-0.15, -0.1) is 0 Å². The fourth-order valence-electron chi connectivity index (χ4n) is 1.89. The van der Waals surface area contributed by atoms with Crippen molar-refractivity contribution in [1.29, 1.82) is 0 Å². The maximum Gasteiger partial charge on any atom is 0.137 e. The highest BCUT2D eigenvalue weighted by molar-refractivity contribution is 9.10. The molecule has 112 valence electrons. The van der Waals surface area contributed by atoms with Gasteiger partial charge in [-0.1, -0.05) is 24.6 Å². The van der Waals surface area contributed by atoms with E-state index < -0.39 is 0 Å². The molecule has 0 fully saturated rings. The van der Waals surface area contributed by atoms with Gasteiger partial charge < -0.3 is 10.5 Å². The van der Waals surface area contributed by atoms with Crippen LogP contribution in [-0.4, -0.2) is 6.04 Å². The van der Waals surface area contributed by atoms with Crippen molar-refractivity contribution in [2.45, 2.75) is 25.8 Å². The van der Waals surface area contributed by atoms with Crippen LogP contribution in [0.1, 0.15) is 18.9 Å². The van der Waals surface area contributed by atoms with Gasteiger partial charge in [-0.2, -0.15) is 0 Å². The Morgan fingerprint density at radius 1 is 1.29 bits per heavy atom. The third-order valence-electron chi connectivity index (χ3n) is 3.15. The van der Waals surface area contributed by atoms with E-state index in [0.717, 1.165) is 12.0 Å². The van der Waals surface area contributed by atoms with Gasteiger partial charge in [-0.05, 0) is 64.7 Å². The number of benzene rings is 2. The maximum atomic E-state index is 13.3. The molecule has 2 rings (SSSR count). The third kappa shape index (κ3) is 4.43. The van der Waals surface area contributed by atoms with Crippen molar-refractivity contribution >= 4 is 27.5 Å². The maximum absolute atomic E-state index is 13.3. The Kier molecular flexibility index (Phi) is 5.62. The standard InChI is InChI=1S/C16H16BrClFNO/c1-2-12(20)7-10-3-4-11(18)8-16(10)21-13-5-6-15(19)14(17)9-13/h3-6,8-9,12H,2,7,20H2,1H3. The van der Waals surface area contributed by atoms with Gasteiger partial charge in [0.05, 0.1) is 4.47 Å². The molecule has 0 saturated carbocycles. The van der Waals surface area contributed by atoms with E-state index in [-0.39, 0.29) is 11.9 Å². The van der Waals surface area contributed by atoms with Crippen LogP contribution in [0, 0.1) is 5.82 Å². The second-order valence-corrected chi connectivity index (χ2v) is 6.09. The van der Waals surface area contributed by atoms with Crippen LogP contribution in [0.5, 0.6) is 11.5 Å². The second kappa shape index (κ2) is 7.25. The highest BCUT2D eigenvalue weighted by Crippen LogP contribution is 2.31. The number of hydrogen-bond donors (Lipinski definition) is 1. The fourth-order valence-corrected chi connectivity index (χ4v) is 2.41. The average molecular weight is 373 g/mol. The van der Waals surface area contributed by atoms with Crippen LogP contribution in [0.15, 0.2) is 40.9 Å². The molecule has 0 amide bonds. The molecule has 0 aliphatic carbocycles. The minimum atomic E-state index is -0.332. The van der Waals surface area contributed by atoms with Gasteiger partial charge in [0.2, 0.25) is 0 Å². The molecule has 0 aliphatic heterocycles. The minimum absolute atomic E-state index is 0.0634. The van der Waals surface area contributed by atoms with E-state index in [9.17, 15) is 4.39 Å². The molecule has 2 nitrogen and oxygen atoms in total. The zero-order valence-corrected chi connectivity index (χ0v) is 13.9. The summed E-state index contributed by atoms with van der Waals surface area (Å²) >= 11 is 9.17. The molecule has 0 aliphatic rings. The number of halogens is 3. The first-order valence-electron chi connectivity index (χ1n) is 6.66. The van der Waals surface area contributed by atoms with Gasteiger partial charge in [0.15, 0.2) is 0 Å². The molecule has 1 unspecified atom stereocenters. The van der Waals surface area contributed by atoms with E-state index in [1.807, 2.05) is 19.1 Å². The first-order valence-corrected chi connectivity index (χ1v) is 7.83. The van der Waals surface area contributed by atoms with Crippen molar-refractivity contribution < 1.29 is 9.13 Å². The van der Waals surface area contributed by atoms with E-state index in [2.05, 4.69) is 15.9 Å². The molecule has 0 radical (unpaired) electrons. The van der Waals surface area contributed by atoms with Gasteiger partial charge in [-0.3, -0.25) is 0 Å². The normalized spacial score (nSPS) is 12.2. The van der Waals surface area contributed by atoms with Crippen LogP contribution in [-0.2, 0) is 6.42 Å². The topological polar surface area (TPSA) is 35.2 Å². The quantitative estimate of drug-likeness (QED) is 0.771. The van der Waals surface area contributed by atoms with Gasteiger partial charge in [0.25, 0.3) is 0 Å². The van der Waals surface area contributed by atoms with Crippen LogP contribution in [0.3, 0.4) is 0 Å². The number of rotatable bonds is 5. The van der Waals surface area contributed by atoms with Crippen molar-refractivity contribution in [3.05, 3.63) is 57.3 Å². The summed E-state index contributed by atoms with van der Waals surface area (Å²) in [5.74, 6) is 0.850. The Bertz CT molecular complexity index is 636. The number of nitrogens with two attached hydrogens (primary N) is 1. The monoisotopic (exact) mass is 371 g/mol. The molecule has 0 spiro atoms. The van der Waals surface area contributed by atoms with Crippen molar-refractivity contribution in [3.8, 4) is 11.5 Å². The van der Waals surface area contributed by atoms with E-state index >= 15 is 0 Å². The molecule has 2 aromatic carbocycles. The van der Waals surface area contributed by atoms with Crippen LogP contribution in [0.4, 0.5) is 4.39 Å². The SMILES string of the molecule is CCC(N)Cc1ccc(Cl)cc1Oc1ccc(F)c(Br)c1. The Balaban J connectivity index is 2.28. The highest BCUT2D eigenvalue weighted by atomic mass is 79.9. The minimum Gasteiger partial charge on any atom is -0.457 e. The fraction of sp³-hybridized carbons (Fsp3) is 0.250. The molecule has 0 bridgehead atoms. The first kappa shape index (κ1) is 16.3. The van der Waals surface area contributed by atoms with E-state index in [1.165, 1.54) is 6.07 Å². The molecule has 5 heteroatoms. The van der Waals surface area contributed by atoms with Crippen molar-refractivity contribution in [3.63, 3.8) is 0 Å². The van der Waals surface area contributed by atoms with Crippen molar-refractivity contribution in [1.82, 2.24) is 0 Å². The molecule has 0 saturated heterocycles. The molecule has 2 N–H and O–H groups in total. The summed E-state index contributed by atoms with van der Waals surface area (Å²) in [6, 6.07) is 10.0. The van der Waals surface area contributed by atoms with E-state index in [4.69, 9.17) is 22.1 Å². The Morgan fingerprint density at radius 2 is 2.05 bits per heavy atom. The molecule has 0 aromatic heterocycles. The lowest BCUT2D eigenvalue weighted by Gasteiger charge is -2.15. The van der Waals surface area contributed by atoms with E-state index in [1.54, 1.807) is 18.2 Å². The van der Waals surface area contributed by atoms with Crippen molar-refractivity contribution in [2.75, 3.05) is 0 Å². The molecule has 2 aromatic rings. The van der Waals surface area contributed by atoms with Crippen LogP contribution < -0.4 is 10.5 Å². The summed E-state index contributed by atoms with van der Waals surface area (Å²) < 4.78 is 19.4. The molecular weight excluding hydrogens is 357 g/mol. The summed E-state index contributed by atoms with van der Waals surface area (Å²) in [7, 11) is 0.